The van der Waals surface area contributed by atoms with Gasteiger partial charge in [0.15, 0.2) is 0 Å². The fraction of sp³-hybridized carbons (Fsp3) is 0.533. The summed E-state index contributed by atoms with van der Waals surface area (Å²) in [6.45, 7) is 11.3. The zero-order chi connectivity index (χ0) is 15.3. The Balaban J connectivity index is 2.82. The van der Waals surface area contributed by atoms with Gasteiger partial charge in [-0.1, -0.05) is 25.2 Å². The topological polar surface area (TPSA) is 75.6 Å². The number of carbonyl (C=O) groups is 1. The number of rotatable bonds is 3. The number of nitrogens with two attached hydrogens (primary N) is 2. The number of allylic oxidation sites excluding steroid dienone is 3. The standard InChI is InChI=1S/C15H26N4O/c1-11(2)5-6-14(13(4)16)19(17)15(20)18-9-7-12(3)8-10-18/h5-6,12H,4,7-10,16-17H2,1-3H3/b14-6+. The van der Waals surface area contributed by atoms with E-state index in [1.165, 1.54) is 0 Å². The molecule has 0 spiro atoms. The monoisotopic (exact) mass is 278 g/mol. The van der Waals surface area contributed by atoms with E-state index in [2.05, 4.69) is 13.5 Å². The number of urea groups is 1. The van der Waals surface area contributed by atoms with E-state index in [1.807, 2.05) is 19.9 Å². The number of nitrogens with zero attached hydrogens (tertiary/aromatic N) is 2. The van der Waals surface area contributed by atoms with Gasteiger partial charge in [-0.05, 0) is 38.7 Å². The molecule has 5 nitrogen and oxygen atoms in total. The summed E-state index contributed by atoms with van der Waals surface area (Å²) >= 11 is 0. The minimum absolute atomic E-state index is 0.225. The van der Waals surface area contributed by atoms with Crippen LogP contribution in [-0.2, 0) is 0 Å². The number of hydrazine groups is 1. The van der Waals surface area contributed by atoms with Crippen LogP contribution in [0.3, 0.4) is 0 Å². The molecular weight excluding hydrogens is 252 g/mol. The molecule has 0 radical (unpaired) electrons. The van der Waals surface area contributed by atoms with Crippen molar-refractivity contribution < 1.29 is 4.79 Å². The Bertz CT molecular complexity index is 427. The van der Waals surface area contributed by atoms with Crippen LogP contribution in [0.15, 0.2) is 35.7 Å². The highest BCUT2D eigenvalue weighted by Crippen LogP contribution is 2.18. The van der Waals surface area contributed by atoms with E-state index in [1.54, 1.807) is 11.0 Å². The second-order valence-corrected chi connectivity index (χ2v) is 5.64. The van der Waals surface area contributed by atoms with Crippen LogP contribution in [0.25, 0.3) is 0 Å². The van der Waals surface area contributed by atoms with Crippen molar-refractivity contribution in [3.63, 3.8) is 0 Å². The molecule has 0 bridgehead atoms. The summed E-state index contributed by atoms with van der Waals surface area (Å²) in [6.07, 6.45) is 5.60. The van der Waals surface area contributed by atoms with Gasteiger partial charge in [-0.15, -0.1) is 0 Å². The van der Waals surface area contributed by atoms with Crippen molar-refractivity contribution in [2.75, 3.05) is 13.1 Å². The van der Waals surface area contributed by atoms with Gasteiger partial charge in [-0.2, -0.15) is 0 Å². The molecule has 4 N–H and O–H groups in total. The maximum atomic E-state index is 12.4. The number of likely N-dealkylation sites (tertiary alicyclic amines) is 1. The van der Waals surface area contributed by atoms with Crippen LogP contribution in [0.1, 0.15) is 33.6 Å². The quantitative estimate of drug-likeness (QED) is 0.360. The van der Waals surface area contributed by atoms with Crippen molar-refractivity contribution in [3.05, 3.63) is 35.7 Å². The molecule has 0 saturated carbocycles. The van der Waals surface area contributed by atoms with Crippen molar-refractivity contribution in [3.8, 4) is 0 Å². The second kappa shape index (κ2) is 7.14. The number of hydrogen-bond acceptors (Lipinski definition) is 3. The van der Waals surface area contributed by atoms with Gasteiger partial charge in [0.05, 0.1) is 5.70 Å². The molecule has 0 aliphatic carbocycles. The Morgan fingerprint density at radius 1 is 1.30 bits per heavy atom. The predicted octanol–water partition coefficient (Wildman–Crippen LogP) is 2.34. The molecule has 1 rings (SSSR count). The number of hydrogen-bond donors (Lipinski definition) is 2. The molecule has 1 aliphatic rings. The molecule has 0 atom stereocenters. The van der Waals surface area contributed by atoms with Crippen LogP contribution >= 0.6 is 0 Å². The molecule has 2 amide bonds. The van der Waals surface area contributed by atoms with Gasteiger partial charge in [-0.3, -0.25) is 0 Å². The minimum atomic E-state index is -0.225. The maximum Gasteiger partial charge on any atom is 0.338 e. The van der Waals surface area contributed by atoms with E-state index in [0.29, 0.717) is 11.6 Å². The van der Waals surface area contributed by atoms with Gasteiger partial charge < -0.3 is 10.6 Å². The summed E-state index contributed by atoms with van der Waals surface area (Å²) in [4.78, 5) is 14.1. The van der Waals surface area contributed by atoms with Crippen LogP contribution in [0.4, 0.5) is 4.79 Å². The summed E-state index contributed by atoms with van der Waals surface area (Å²) in [6, 6.07) is -0.225. The fourth-order valence-electron chi connectivity index (χ4n) is 2.04. The first-order chi connectivity index (χ1) is 9.32. The first-order valence-corrected chi connectivity index (χ1v) is 6.96. The molecule has 1 aliphatic heterocycles. The summed E-state index contributed by atoms with van der Waals surface area (Å²) in [5.41, 5.74) is 7.54. The number of carbonyl (C=O) groups excluding carboxylic acids is 1. The van der Waals surface area contributed by atoms with Gasteiger partial charge in [0.25, 0.3) is 0 Å². The summed E-state index contributed by atoms with van der Waals surface area (Å²) in [5, 5.41) is 1.09. The lowest BCUT2D eigenvalue weighted by Crippen LogP contribution is -2.49. The third-order valence-corrected chi connectivity index (χ3v) is 3.42. The van der Waals surface area contributed by atoms with E-state index < -0.39 is 0 Å². The first-order valence-electron chi connectivity index (χ1n) is 6.96. The van der Waals surface area contributed by atoms with Crippen LogP contribution < -0.4 is 11.6 Å². The Morgan fingerprint density at radius 2 is 1.85 bits per heavy atom. The molecule has 0 aromatic heterocycles. The Morgan fingerprint density at radius 3 is 2.30 bits per heavy atom. The molecule has 112 valence electrons. The molecule has 1 fully saturated rings. The van der Waals surface area contributed by atoms with Crippen molar-refractivity contribution in [2.45, 2.75) is 33.6 Å². The average molecular weight is 278 g/mol. The molecule has 0 aromatic carbocycles. The van der Waals surface area contributed by atoms with Crippen LogP contribution in [0.5, 0.6) is 0 Å². The van der Waals surface area contributed by atoms with Gasteiger partial charge in [0.2, 0.25) is 0 Å². The Labute approximate surface area is 121 Å². The highest BCUT2D eigenvalue weighted by Gasteiger charge is 2.25. The predicted molar refractivity (Wildman–Crippen MR) is 82.2 cm³/mol. The SMILES string of the molecule is C=C(N)/C(=C\C=C(C)C)N(N)C(=O)N1CCC(C)CC1. The van der Waals surface area contributed by atoms with Crippen LogP contribution in [-0.4, -0.2) is 29.0 Å². The molecule has 0 aromatic rings. The maximum absolute atomic E-state index is 12.4. The van der Waals surface area contributed by atoms with Gasteiger partial charge in [0.1, 0.15) is 0 Å². The highest BCUT2D eigenvalue weighted by atomic mass is 16.2. The lowest BCUT2D eigenvalue weighted by Gasteiger charge is -2.33. The summed E-state index contributed by atoms with van der Waals surface area (Å²) in [5.74, 6) is 6.58. The van der Waals surface area contributed by atoms with E-state index in [-0.39, 0.29) is 11.7 Å². The molecule has 1 saturated heterocycles. The van der Waals surface area contributed by atoms with Crippen LogP contribution in [0, 0.1) is 5.92 Å². The van der Waals surface area contributed by atoms with Crippen molar-refractivity contribution >= 4 is 6.03 Å². The molecular formula is C15H26N4O. The second-order valence-electron chi connectivity index (χ2n) is 5.64. The summed E-state index contributed by atoms with van der Waals surface area (Å²) < 4.78 is 0. The van der Waals surface area contributed by atoms with Crippen molar-refractivity contribution in [1.29, 1.82) is 0 Å². The van der Waals surface area contributed by atoms with Gasteiger partial charge in [-0.25, -0.2) is 15.6 Å². The fourth-order valence-corrected chi connectivity index (χ4v) is 2.04. The average Bonchev–Trinajstić information content (AvgIpc) is 2.38. The third-order valence-electron chi connectivity index (χ3n) is 3.42. The largest absolute Gasteiger partial charge is 0.397 e. The molecule has 5 heteroatoms. The third kappa shape index (κ3) is 4.42. The smallest absolute Gasteiger partial charge is 0.338 e. The minimum Gasteiger partial charge on any atom is -0.397 e. The zero-order valence-corrected chi connectivity index (χ0v) is 12.7. The van der Waals surface area contributed by atoms with Crippen molar-refractivity contribution in [2.24, 2.45) is 17.5 Å². The number of piperidine rings is 1. The summed E-state index contributed by atoms with van der Waals surface area (Å²) in [7, 11) is 0. The van der Waals surface area contributed by atoms with E-state index in [9.17, 15) is 4.79 Å². The van der Waals surface area contributed by atoms with E-state index in [0.717, 1.165) is 36.5 Å². The lowest BCUT2D eigenvalue weighted by molar-refractivity contribution is 0.146. The van der Waals surface area contributed by atoms with Gasteiger partial charge in [0, 0.05) is 18.8 Å². The van der Waals surface area contributed by atoms with Gasteiger partial charge >= 0.3 is 6.03 Å². The molecule has 0 unspecified atom stereocenters. The van der Waals surface area contributed by atoms with Crippen LogP contribution in [0.2, 0.25) is 0 Å². The normalized spacial score (nSPS) is 16.8. The van der Waals surface area contributed by atoms with E-state index >= 15 is 0 Å². The Kier molecular flexibility index (Phi) is 5.82. The van der Waals surface area contributed by atoms with Crippen molar-refractivity contribution in [1.82, 2.24) is 9.91 Å². The zero-order valence-electron chi connectivity index (χ0n) is 12.7. The van der Waals surface area contributed by atoms with E-state index in [4.69, 9.17) is 11.6 Å². The lowest BCUT2D eigenvalue weighted by atomic mass is 10.00. The Hall–Kier alpha value is -1.75. The molecule has 20 heavy (non-hydrogen) atoms. The highest BCUT2D eigenvalue weighted by molar-refractivity contribution is 5.76. The first kappa shape index (κ1) is 16.3. The number of amides is 2. The molecule has 1 heterocycles.